The fourth-order valence-corrected chi connectivity index (χ4v) is 2.63. The fraction of sp³-hybridized carbons (Fsp3) is 0.833. The van der Waals surface area contributed by atoms with Crippen LogP contribution < -0.4 is 5.73 Å². The Hall–Kier alpha value is 0.240. The van der Waals surface area contributed by atoms with Gasteiger partial charge in [-0.15, -0.1) is 0 Å². The summed E-state index contributed by atoms with van der Waals surface area (Å²) in [6.45, 7) is 0. The predicted octanol–water partition coefficient (Wildman–Crippen LogP) is 1.56. The van der Waals surface area contributed by atoms with Gasteiger partial charge in [-0.2, -0.15) is 11.8 Å². The van der Waals surface area contributed by atoms with Crippen molar-refractivity contribution in [3.05, 3.63) is 0 Å². The number of thioether (sulfide) groups is 1. The van der Waals surface area contributed by atoms with Crippen molar-refractivity contribution in [3.8, 4) is 0 Å². The first-order valence-corrected chi connectivity index (χ1v) is 4.64. The maximum Gasteiger partial charge on any atom is 0.0738 e. The first kappa shape index (κ1) is 7.35. The molecule has 1 heterocycles. The van der Waals surface area contributed by atoms with Crippen molar-refractivity contribution in [2.45, 2.75) is 24.5 Å². The molecular formula is C6H11NS2. The first-order valence-electron chi connectivity index (χ1n) is 3.19. The Morgan fingerprint density at radius 1 is 1.78 bits per heavy atom. The topological polar surface area (TPSA) is 26.0 Å². The van der Waals surface area contributed by atoms with E-state index in [1.54, 1.807) is 0 Å². The van der Waals surface area contributed by atoms with Crippen molar-refractivity contribution in [1.82, 2.24) is 0 Å². The molecule has 1 aliphatic rings. The maximum absolute atomic E-state index is 5.39. The van der Waals surface area contributed by atoms with Crippen molar-refractivity contribution in [2.75, 3.05) is 5.75 Å². The van der Waals surface area contributed by atoms with Crippen LogP contribution in [0.15, 0.2) is 0 Å². The average Bonchev–Trinajstić information content (AvgIpc) is 2.15. The van der Waals surface area contributed by atoms with Crippen LogP contribution in [0.4, 0.5) is 0 Å². The molecule has 0 aromatic heterocycles. The van der Waals surface area contributed by atoms with Gasteiger partial charge in [0.05, 0.1) is 4.99 Å². The lowest BCUT2D eigenvalue weighted by Crippen LogP contribution is -2.13. The predicted molar refractivity (Wildman–Crippen MR) is 46.9 cm³/mol. The molecule has 0 spiro atoms. The fourth-order valence-electron chi connectivity index (χ4n) is 1.03. The number of hydrogen-bond donors (Lipinski definition) is 1. The summed E-state index contributed by atoms with van der Waals surface area (Å²) >= 11 is 6.80. The van der Waals surface area contributed by atoms with Crippen LogP contribution in [0.5, 0.6) is 0 Å². The van der Waals surface area contributed by atoms with Gasteiger partial charge < -0.3 is 5.73 Å². The van der Waals surface area contributed by atoms with E-state index in [0.717, 1.165) is 11.7 Å². The van der Waals surface area contributed by atoms with E-state index in [9.17, 15) is 0 Å². The molecule has 1 unspecified atom stereocenters. The van der Waals surface area contributed by atoms with Crippen molar-refractivity contribution in [2.24, 2.45) is 5.73 Å². The number of thiocarbonyl (C=S) groups is 1. The SMILES string of the molecule is NC(=S)CC1CCCS1. The lowest BCUT2D eigenvalue weighted by atomic mass is 10.2. The Bertz CT molecular complexity index is 108. The molecule has 1 nitrogen and oxygen atoms in total. The van der Waals surface area contributed by atoms with E-state index in [1.165, 1.54) is 18.6 Å². The minimum Gasteiger partial charge on any atom is -0.393 e. The summed E-state index contributed by atoms with van der Waals surface area (Å²) in [7, 11) is 0. The highest BCUT2D eigenvalue weighted by Crippen LogP contribution is 2.28. The van der Waals surface area contributed by atoms with E-state index >= 15 is 0 Å². The van der Waals surface area contributed by atoms with Crippen LogP contribution in [0.3, 0.4) is 0 Å². The zero-order valence-corrected chi connectivity index (χ0v) is 6.93. The smallest absolute Gasteiger partial charge is 0.0738 e. The molecular weight excluding hydrogens is 150 g/mol. The average molecular weight is 161 g/mol. The van der Waals surface area contributed by atoms with E-state index in [4.69, 9.17) is 18.0 Å². The van der Waals surface area contributed by atoms with Crippen LogP contribution in [0, 0.1) is 0 Å². The highest BCUT2D eigenvalue weighted by atomic mass is 32.2. The van der Waals surface area contributed by atoms with Gasteiger partial charge in [-0.25, -0.2) is 0 Å². The van der Waals surface area contributed by atoms with Gasteiger partial charge in [-0.3, -0.25) is 0 Å². The second-order valence-corrected chi connectivity index (χ2v) is 4.24. The normalized spacial score (nSPS) is 26.4. The Balaban J connectivity index is 2.19. The standard InChI is InChI=1S/C6H11NS2/c7-6(8)4-5-2-1-3-9-5/h5H,1-4H2,(H2,7,8). The molecule has 0 radical (unpaired) electrons. The summed E-state index contributed by atoms with van der Waals surface area (Å²) in [5, 5.41) is 0.738. The molecule has 0 aliphatic carbocycles. The Morgan fingerprint density at radius 2 is 2.56 bits per heavy atom. The van der Waals surface area contributed by atoms with Crippen LogP contribution in [-0.4, -0.2) is 16.0 Å². The van der Waals surface area contributed by atoms with Crippen molar-refractivity contribution < 1.29 is 0 Å². The van der Waals surface area contributed by atoms with Crippen molar-refractivity contribution in [3.63, 3.8) is 0 Å². The summed E-state index contributed by atoms with van der Waals surface area (Å²) in [4.78, 5) is 0.675. The molecule has 1 aliphatic heterocycles. The van der Waals surface area contributed by atoms with Gasteiger partial charge >= 0.3 is 0 Å². The lowest BCUT2D eigenvalue weighted by Gasteiger charge is -2.04. The molecule has 52 valence electrons. The van der Waals surface area contributed by atoms with Gasteiger partial charge in [-0.05, 0) is 18.6 Å². The quantitative estimate of drug-likeness (QED) is 0.622. The second-order valence-electron chi connectivity index (χ2n) is 2.31. The Morgan fingerprint density at radius 3 is 3.00 bits per heavy atom. The van der Waals surface area contributed by atoms with Crippen LogP contribution in [0.25, 0.3) is 0 Å². The summed E-state index contributed by atoms with van der Waals surface area (Å²) < 4.78 is 0. The molecule has 9 heavy (non-hydrogen) atoms. The molecule has 0 aromatic rings. The summed E-state index contributed by atoms with van der Waals surface area (Å²) in [5.41, 5.74) is 5.39. The Kier molecular flexibility index (Phi) is 2.79. The van der Waals surface area contributed by atoms with Gasteiger partial charge in [-0.1, -0.05) is 12.2 Å². The number of hydrogen-bond acceptors (Lipinski definition) is 2. The van der Waals surface area contributed by atoms with Crippen LogP contribution >= 0.6 is 24.0 Å². The molecule has 1 saturated heterocycles. The van der Waals surface area contributed by atoms with Gasteiger partial charge in [0, 0.05) is 11.7 Å². The molecule has 1 atom stereocenters. The van der Waals surface area contributed by atoms with E-state index < -0.39 is 0 Å². The van der Waals surface area contributed by atoms with Gasteiger partial charge in [0.25, 0.3) is 0 Å². The van der Waals surface area contributed by atoms with E-state index in [2.05, 4.69) is 0 Å². The summed E-state index contributed by atoms with van der Waals surface area (Å²) in [6, 6.07) is 0. The molecule has 3 heteroatoms. The third-order valence-corrected chi connectivity index (χ3v) is 3.02. The largest absolute Gasteiger partial charge is 0.393 e. The third-order valence-electron chi connectivity index (χ3n) is 1.45. The first-order chi connectivity index (χ1) is 4.29. The maximum atomic E-state index is 5.39. The molecule has 0 aromatic carbocycles. The molecule has 0 saturated carbocycles. The molecule has 0 bridgehead atoms. The van der Waals surface area contributed by atoms with E-state index in [-0.39, 0.29) is 0 Å². The minimum atomic E-state index is 0.675. The minimum absolute atomic E-state index is 0.675. The lowest BCUT2D eigenvalue weighted by molar-refractivity contribution is 0.807. The molecule has 1 fully saturated rings. The van der Waals surface area contributed by atoms with Gasteiger partial charge in [0.15, 0.2) is 0 Å². The van der Waals surface area contributed by atoms with Crippen LogP contribution in [-0.2, 0) is 0 Å². The van der Waals surface area contributed by atoms with Gasteiger partial charge in [0.1, 0.15) is 0 Å². The van der Waals surface area contributed by atoms with E-state index in [0.29, 0.717) is 4.99 Å². The highest BCUT2D eigenvalue weighted by Gasteiger charge is 2.15. The van der Waals surface area contributed by atoms with Crippen molar-refractivity contribution >= 4 is 29.0 Å². The van der Waals surface area contributed by atoms with Crippen LogP contribution in [0.2, 0.25) is 0 Å². The second kappa shape index (κ2) is 3.42. The van der Waals surface area contributed by atoms with Crippen LogP contribution in [0.1, 0.15) is 19.3 Å². The molecule has 1 rings (SSSR count). The number of rotatable bonds is 2. The summed E-state index contributed by atoms with van der Waals surface area (Å²) in [5.74, 6) is 1.30. The zero-order chi connectivity index (χ0) is 6.69. The molecule has 2 N–H and O–H groups in total. The van der Waals surface area contributed by atoms with Crippen molar-refractivity contribution in [1.29, 1.82) is 0 Å². The van der Waals surface area contributed by atoms with E-state index in [1.807, 2.05) is 11.8 Å². The molecule has 0 amide bonds. The highest BCUT2D eigenvalue weighted by molar-refractivity contribution is 8.00. The third kappa shape index (κ3) is 2.54. The summed E-state index contributed by atoms with van der Waals surface area (Å²) in [6.07, 6.45) is 3.60. The number of nitrogens with two attached hydrogens (primary N) is 1. The van der Waals surface area contributed by atoms with Gasteiger partial charge in [0.2, 0.25) is 0 Å². The monoisotopic (exact) mass is 161 g/mol. The zero-order valence-electron chi connectivity index (χ0n) is 5.30. The Labute approximate surface area is 65.4 Å².